The molecule has 0 bridgehead atoms. The molecule has 0 radical (unpaired) electrons. The molecule has 17 heavy (non-hydrogen) atoms. The molecule has 0 fully saturated rings. The molecule has 1 rings (SSSR count). The number of rotatable bonds is 2. The van der Waals surface area contributed by atoms with E-state index in [4.69, 9.17) is 0 Å². The second-order valence-electron chi connectivity index (χ2n) is 2.87. The van der Waals surface area contributed by atoms with Gasteiger partial charge in [0.05, 0.1) is 12.2 Å². The first-order valence-corrected chi connectivity index (χ1v) is 4.82. The summed E-state index contributed by atoms with van der Waals surface area (Å²) in [6.45, 7) is 1.65. The molecule has 2 amide bonds. The highest BCUT2D eigenvalue weighted by molar-refractivity contribution is 6.32. The molecule has 0 saturated carbocycles. The molecule has 0 aromatic carbocycles. The number of amides is 2. The van der Waals surface area contributed by atoms with Crippen molar-refractivity contribution >= 4 is 17.8 Å². The third kappa shape index (κ3) is 3.90. The number of esters is 1. The number of aromatic nitrogens is 1. The number of nitrogens with zero attached hydrogens (tertiary/aromatic N) is 1. The summed E-state index contributed by atoms with van der Waals surface area (Å²) in [5.74, 6) is -2.67. The van der Waals surface area contributed by atoms with E-state index in [0.717, 1.165) is 0 Å². The van der Waals surface area contributed by atoms with Crippen molar-refractivity contribution in [3.05, 3.63) is 30.1 Å². The summed E-state index contributed by atoms with van der Waals surface area (Å²) in [6, 6.07) is 3.08. The van der Waals surface area contributed by atoms with Crippen LogP contribution in [0.2, 0.25) is 0 Å². The van der Waals surface area contributed by atoms with E-state index in [-0.39, 0.29) is 12.2 Å². The van der Waals surface area contributed by atoms with E-state index in [1.807, 2.05) is 5.43 Å². The van der Waals surface area contributed by atoms with Crippen LogP contribution in [0.1, 0.15) is 17.3 Å². The van der Waals surface area contributed by atoms with Gasteiger partial charge in [-0.3, -0.25) is 25.4 Å². The van der Waals surface area contributed by atoms with Crippen molar-refractivity contribution in [2.75, 3.05) is 6.61 Å². The zero-order valence-corrected chi connectivity index (χ0v) is 9.10. The highest BCUT2D eigenvalue weighted by Gasteiger charge is 2.15. The molecule has 0 aliphatic rings. The predicted molar refractivity (Wildman–Crippen MR) is 56.5 cm³/mol. The Balaban J connectivity index is 2.44. The maximum atomic E-state index is 11.4. The standard InChI is InChI=1S/C10H11N3O4/c1-2-17-10(16)9(15)13-12-8(14)7-4-3-5-11-6-7/h3-6H,2H2,1H3,(H,12,14)(H,13,15). The van der Waals surface area contributed by atoms with E-state index < -0.39 is 17.8 Å². The highest BCUT2D eigenvalue weighted by Crippen LogP contribution is 1.93. The van der Waals surface area contributed by atoms with Crippen molar-refractivity contribution in [2.24, 2.45) is 0 Å². The van der Waals surface area contributed by atoms with Crippen LogP contribution in [0.3, 0.4) is 0 Å². The van der Waals surface area contributed by atoms with Gasteiger partial charge in [0.1, 0.15) is 0 Å². The van der Waals surface area contributed by atoms with Crippen LogP contribution in [0, 0.1) is 0 Å². The number of carbonyl (C=O) groups excluding carboxylic acids is 3. The molecule has 90 valence electrons. The Labute approximate surface area is 97.1 Å². The number of pyridine rings is 1. The smallest absolute Gasteiger partial charge is 0.398 e. The van der Waals surface area contributed by atoms with Crippen molar-refractivity contribution < 1.29 is 19.1 Å². The van der Waals surface area contributed by atoms with Crippen LogP contribution < -0.4 is 10.9 Å². The normalized spacial score (nSPS) is 9.24. The molecule has 7 nitrogen and oxygen atoms in total. The zero-order chi connectivity index (χ0) is 12.7. The van der Waals surface area contributed by atoms with Gasteiger partial charge in [0.2, 0.25) is 0 Å². The maximum absolute atomic E-state index is 11.4. The minimum Gasteiger partial charge on any atom is -0.459 e. The summed E-state index contributed by atoms with van der Waals surface area (Å²) in [7, 11) is 0. The van der Waals surface area contributed by atoms with Crippen LogP contribution in [0.5, 0.6) is 0 Å². The van der Waals surface area contributed by atoms with Gasteiger partial charge in [-0.15, -0.1) is 0 Å². The summed E-state index contributed by atoms with van der Waals surface area (Å²) in [6.07, 6.45) is 2.83. The second kappa shape index (κ2) is 6.21. The van der Waals surface area contributed by atoms with Gasteiger partial charge in [-0.2, -0.15) is 0 Å². The van der Waals surface area contributed by atoms with Crippen LogP contribution in [0.25, 0.3) is 0 Å². The SMILES string of the molecule is CCOC(=O)C(=O)NNC(=O)c1cccnc1. The molecular formula is C10H11N3O4. The Kier molecular flexibility index (Phi) is 4.61. The molecule has 0 unspecified atom stereocenters. The van der Waals surface area contributed by atoms with Crippen LogP contribution in [-0.4, -0.2) is 29.4 Å². The average molecular weight is 237 g/mol. The summed E-state index contributed by atoms with van der Waals surface area (Å²) in [5, 5.41) is 0. The fourth-order valence-corrected chi connectivity index (χ4v) is 0.930. The minimum absolute atomic E-state index is 0.0861. The van der Waals surface area contributed by atoms with Gasteiger partial charge in [0.15, 0.2) is 0 Å². The average Bonchev–Trinajstić information content (AvgIpc) is 2.36. The summed E-state index contributed by atoms with van der Waals surface area (Å²) >= 11 is 0. The van der Waals surface area contributed by atoms with Gasteiger partial charge in [0, 0.05) is 12.4 Å². The number of hydrogen-bond acceptors (Lipinski definition) is 5. The minimum atomic E-state index is -1.06. The van der Waals surface area contributed by atoms with E-state index in [1.54, 1.807) is 13.0 Å². The third-order valence-electron chi connectivity index (χ3n) is 1.67. The Morgan fingerprint density at radius 2 is 2.12 bits per heavy atom. The molecule has 1 aromatic rings. The van der Waals surface area contributed by atoms with Gasteiger partial charge >= 0.3 is 11.9 Å². The number of hydrazine groups is 1. The summed E-state index contributed by atoms with van der Waals surface area (Å²) in [4.78, 5) is 37.1. The number of carbonyl (C=O) groups is 3. The van der Waals surface area contributed by atoms with Crippen LogP contribution >= 0.6 is 0 Å². The monoisotopic (exact) mass is 237 g/mol. The second-order valence-corrected chi connectivity index (χ2v) is 2.87. The van der Waals surface area contributed by atoms with Crippen molar-refractivity contribution in [3.63, 3.8) is 0 Å². The Hall–Kier alpha value is -2.44. The van der Waals surface area contributed by atoms with E-state index in [0.29, 0.717) is 0 Å². The maximum Gasteiger partial charge on any atom is 0.398 e. The fraction of sp³-hybridized carbons (Fsp3) is 0.200. The molecule has 0 saturated heterocycles. The third-order valence-corrected chi connectivity index (χ3v) is 1.67. The van der Waals surface area contributed by atoms with Gasteiger partial charge in [-0.05, 0) is 19.1 Å². The molecule has 0 aliphatic heterocycles. The molecule has 0 spiro atoms. The first kappa shape index (κ1) is 12.6. The molecule has 1 aromatic heterocycles. The van der Waals surface area contributed by atoms with E-state index in [2.05, 4.69) is 15.1 Å². The molecule has 7 heteroatoms. The van der Waals surface area contributed by atoms with Crippen molar-refractivity contribution in [2.45, 2.75) is 6.92 Å². The van der Waals surface area contributed by atoms with Crippen LogP contribution in [0.4, 0.5) is 0 Å². The molecular weight excluding hydrogens is 226 g/mol. The zero-order valence-electron chi connectivity index (χ0n) is 9.10. The number of nitrogens with one attached hydrogen (secondary N) is 2. The lowest BCUT2D eigenvalue weighted by atomic mass is 10.3. The van der Waals surface area contributed by atoms with E-state index in [9.17, 15) is 14.4 Å². The summed E-state index contributed by atoms with van der Waals surface area (Å²) < 4.78 is 4.43. The number of hydrogen-bond donors (Lipinski definition) is 2. The lowest BCUT2D eigenvalue weighted by Gasteiger charge is -2.06. The van der Waals surface area contributed by atoms with Crippen molar-refractivity contribution in [1.82, 2.24) is 15.8 Å². The van der Waals surface area contributed by atoms with E-state index >= 15 is 0 Å². The first-order valence-electron chi connectivity index (χ1n) is 4.82. The Bertz CT molecular complexity index is 419. The Morgan fingerprint density at radius 3 is 2.71 bits per heavy atom. The van der Waals surface area contributed by atoms with Crippen molar-refractivity contribution in [3.8, 4) is 0 Å². The highest BCUT2D eigenvalue weighted by atomic mass is 16.5. The molecule has 0 atom stereocenters. The Morgan fingerprint density at radius 1 is 1.35 bits per heavy atom. The lowest BCUT2D eigenvalue weighted by Crippen LogP contribution is -2.45. The van der Waals surface area contributed by atoms with Gasteiger partial charge in [0.25, 0.3) is 5.91 Å². The van der Waals surface area contributed by atoms with Crippen LogP contribution in [0.15, 0.2) is 24.5 Å². The van der Waals surface area contributed by atoms with Gasteiger partial charge < -0.3 is 4.74 Å². The van der Waals surface area contributed by atoms with Crippen molar-refractivity contribution in [1.29, 1.82) is 0 Å². The van der Waals surface area contributed by atoms with Gasteiger partial charge in [-0.25, -0.2) is 4.79 Å². The summed E-state index contributed by atoms with van der Waals surface area (Å²) in [5.41, 5.74) is 4.24. The van der Waals surface area contributed by atoms with E-state index in [1.165, 1.54) is 18.5 Å². The number of ether oxygens (including phenoxy) is 1. The molecule has 2 N–H and O–H groups in total. The lowest BCUT2D eigenvalue weighted by molar-refractivity contribution is -0.154. The quantitative estimate of drug-likeness (QED) is 0.407. The molecule has 1 heterocycles. The first-order chi connectivity index (χ1) is 8.15. The molecule has 0 aliphatic carbocycles. The largest absolute Gasteiger partial charge is 0.459 e. The van der Waals surface area contributed by atoms with Crippen LogP contribution in [-0.2, 0) is 14.3 Å². The topological polar surface area (TPSA) is 97.4 Å². The fourth-order valence-electron chi connectivity index (χ4n) is 0.930. The van der Waals surface area contributed by atoms with Gasteiger partial charge in [-0.1, -0.05) is 0 Å². The predicted octanol–water partition coefficient (Wildman–Crippen LogP) is -0.594.